The molecule has 0 bridgehead atoms. The first-order valence-electron chi connectivity index (χ1n) is 8.44. The Bertz CT molecular complexity index is 865. The van der Waals surface area contributed by atoms with Crippen LogP contribution in [0, 0.1) is 0 Å². The quantitative estimate of drug-likeness (QED) is 0.641. The molecule has 1 aliphatic heterocycles. The number of ether oxygens (including phenoxy) is 1. The summed E-state index contributed by atoms with van der Waals surface area (Å²) in [5.74, 6) is -0.907. The summed E-state index contributed by atoms with van der Waals surface area (Å²) in [5.41, 5.74) is 1.98. The van der Waals surface area contributed by atoms with Crippen molar-refractivity contribution in [1.82, 2.24) is 5.32 Å². The molecule has 0 fully saturated rings. The van der Waals surface area contributed by atoms with Gasteiger partial charge in [-0.3, -0.25) is 14.9 Å². The third kappa shape index (κ3) is 4.56. The Morgan fingerprint density at radius 3 is 2.67 bits per heavy atom. The van der Waals surface area contributed by atoms with E-state index in [4.69, 9.17) is 4.74 Å². The van der Waals surface area contributed by atoms with E-state index in [1.54, 1.807) is 25.3 Å². The molecule has 0 radical (unpaired) electrons. The van der Waals surface area contributed by atoms with Gasteiger partial charge in [-0.25, -0.2) is 4.79 Å². The second-order valence-corrected chi connectivity index (χ2v) is 7.10. The average Bonchev–Trinajstić information content (AvgIpc) is 3.08. The molecule has 0 saturated carbocycles. The highest BCUT2D eigenvalue weighted by molar-refractivity contribution is 7.14. The number of carbonyl (C=O) groups is 3. The smallest absolute Gasteiger partial charge is 0.414 e. The van der Waals surface area contributed by atoms with Crippen LogP contribution in [0.25, 0.3) is 0 Å². The van der Waals surface area contributed by atoms with Gasteiger partial charge in [0.25, 0.3) is 5.91 Å². The number of carbonyl (C=O) groups excluding carboxylic acids is 3. The van der Waals surface area contributed by atoms with E-state index >= 15 is 0 Å². The van der Waals surface area contributed by atoms with Crippen molar-refractivity contribution >= 4 is 45.6 Å². The highest BCUT2D eigenvalue weighted by Crippen LogP contribution is 2.27. The summed E-state index contributed by atoms with van der Waals surface area (Å²) >= 11 is 1.20. The van der Waals surface area contributed by atoms with Crippen LogP contribution in [-0.2, 0) is 9.53 Å². The summed E-state index contributed by atoms with van der Waals surface area (Å²) in [6.45, 7) is 3.78. The number of amides is 3. The largest absolute Gasteiger partial charge is 0.447 e. The van der Waals surface area contributed by atoms with E-state index in [0.29, 0.717) is 11.5 Å². The molecule has 2 heterocycles. The lowest BCUT2D eigenvalue weighted by Crippen LogP contribution is -2.43. The van der Waals surface area contributed by atoms with Crippen molar-refractivity contribution in [3.63, 3.8) is 0 Å². The van der Waals surface area contributed by atoms with Gasteiger partial charge in [-0.15, -0.1) is 11.3 Å². The van der Waals surface area contributed by atoms with Gasteiger partial charge in [-0.05, 0) is 37.4 Å². The summed E-state index contributed by atoms with van der Waals surface area (Å²) < 4.78 is 4.90. The van der Waals surface area contributed by atoms with Crippen molar-refractivity contribution in [2.45, 2.75) is 26.0 Å². The Hall–Kier alpha value is -3.07. The van der Waals surface area contributed by atoms with Crippen LogP contribution < -0.4 is 21.3 Å². The van der Waals surface area contributed by atoms with Crippen LogP contribution in [0.5, 0.6) is 0 Å². The summed E-state index contributed by atoms with van der Waals surface area (Å²) in [7, 11) is 0. The fourth-order valence-corrected chi connectivity index (χ4v) is 3.35. The zero-order valence-electron chi connectivity index (χ0n) is 14.9. The SMILES string of the molecule is CC(C)OC(=O)NC(=O)c1ccsc1NC(=O)C1CNc2ccccc2N1. The van der Waals surface area contributed by atoms with Gasteiger partial charge in [-0.2, -0.15) is 0 Å². The van der Waals surface area contributed by atoms with E-state index in [1.165, 1.54) is 11.3 Å². The predicted octanol–water partition coefficient (Wildman–Crippen LogP) is 2.87. The lowest BCUT2D eigenvalue weighted by molar-refractivity contribution is -0.116. The number of thiophene rings is 1. The summed E-state index contributed by atoms with van der Waals surface area (Å²) in [5, 5.41) is 13.3. The maximum atomic E-state index is 12.6. The van der Waals surface area contributed by atoms with Gasteiger partial charge >= 0.3 is 6.09 Å². The van der Waals surface area contributed by atoms with E-state index in [1.807, 2.05) is 24.3 Å². The molecule has 1 aromatic heterocycles. The molecule has 0 spiro atoms. The zero-order chi connectivity index (χ0) is 19.4. The van der Waals surface area contributed by atoms with E-state index < -0.39 is 18.0 Å². The van der Waals surface area contributed by atoms with Crippen molar-refractivity contribution in [2.75, 3.05) is 22.5 Å². The first kappa shape index (κ1) is 18.7. The molecule has 3 amide bonds. The second-order valence-electron chi connectivity index (χ2n) is 6.18. The van der Waals surface area contributed by atoms with Crippen LogP contribution in [0.15, 0.2) is 35.7 Å². The third-order valence-corrected chi connectivity index (χ3v) is 4.60. The molecule has 27 heavy (non-hydrogen) atoms. The molecular weight excluding hydrogens is 368 g/mol. The van der Waals surface area contributed by atoms with Crippen molar-refractivity contribution in [2.24, 2.45) is 0 Å². The molecule has 1 aromatic carbocycles. The number of imide groups is 1. The van der Waals surface area contributed by atoms with Gasteiger partial charge in [0.1, 0.15) is 11.0 Å². The third-order valence-electron chi connectivity index (χ3n) is 3.77. The number of anilines is 3. The topological polar surface area (TPSA) is 109 Å². The molecule has 8 nitrogen and oxygen atoms in total. The van der Waals surface area contributed by atoms with Crippen LogP contribution in [0.1, 0.15) is 24.2 Å². The van der Waals surface area contributed by atoms with Crippen molar-refractivity contribution in [3.8, 4) is 0 Å². The Labute approximate surface area is 160 Å². The maximum absolute atomic E-state index is 12.6. The minimum absolute atomic E-state index is 0.207. The molecule has 2 aromatic rings. The van der Waals surface area contributed by atoms with Gasteiger partial charge in [0.15, 0.2) is 0 Å². The molecular formula is C18H20N4O4S. The molecule has 0 aliphatic carbocycles. The Kier molecular flexibility index (Phi) is 5.60. The molecule has 1 aliphatic rings. The van der Waals surface area contributed by atoms with Gasteiger partial charge in [-0.1, -0.05) is 12.1 Å². The Morgan fingerprint density at radius 1 is 1.19 bits per heavy atom. The Balaban J connectivity index is 1.64. The van der Waals surface area contributed by atoms with E-state index in [2.05, 4.69) is 21.3 Å². The molecule has 4 N–H and O–H groups in total. The van der Waals surface area contributed by atoms with Gasteiger partial charge in [0.2, 0.25) is 5.91 Å². The molecule has 9 heteroatoms. The fourth-order valence-electron chi connectivity index (χ4n) is 2.56. The summed E-state index contributed by atoms with van der Waals surface area (Å²) in [4.78, 5) is 36.4. The number of nitrogens with one attached hydrogen (secondary N) is 4. The predicted molar refractivity (Wildman–Crippen MR) is 104 cm³/mol. The Morgan fingerprint density at radius 2 is 1.93 bits per heavy atom. The maximum Gasteiger partial charge on any atom is 0.414 e. The highest BCUT2D eigenvalue weighted by atomic mass is 32.1. The fraction of sp³-hybridized carbons (Fsp3) is 0.278. The van der Waals surface area contributed by atoms with E-state index in [9.17, 15) is 14.4 Å². The van der Waals surface area contributed by atoms with Crippen molar-refractivity contribution in [1.29, 1.82) is 0 Å². The number of para-hydroxylation sites is 2. The van der Waals surface area contributed by atoms with Crippen LogP contribution in [0.3, 0.4) is 0 Å². The lowest BCUT2D eigenvalue weighted by Gasteiger charge is -2.27. The van der Waals surface area contributed by atoms with E-state index in [0.717, 1.165) is 11.4 Å². The number of hydrogen-bond donors (Lipinski definition) is 4. The molecule has 3 rings (SSSR count). The standard InChI is InChI=1S/C18H20N4O4S/c1-10(2)26-18(25)22-15(23)11-7-8-27-17(11)21-16(24)14-9-19-12-5-3-4-6-13(12)20-14/h3-8,10,14,19-20H,9H2,1-2H3,(H,21,24)(H,22,23,25). The lowest BCUT2D eigenvalue weighted by atomic mass is 10.1. The summed E-state index contributed by atoms with van der Waals surface area (Å²) in [6.07, 6.45) is -1.17. The zero-order valence-corrected chi connectivity index (χ0v) is 15.7. The summed E-state index contributed by atoms with van der Waals surface area (Å²) in [6, 6.07) is 8.64. The van der Waals surface area contributed by atoms with Gasteiger partial charge in [0.05, 0.1) is 23.0 Å². The second kappa shape index (κ2) is 8.09. The van der Waals surface area contributed by atoms with Crippen LogP contribution in [0.4, 0.5) is 21.2 Å². The normalized spacial score (nSPS) is 15.1. The van der Waals surface area contributed by atoms with Crippen molar-refractivity contribution in [3.05, 3.63) is 41.3 Å². The van der Waals surface area contributed by atoms with Crippen LogP contribution in [-0.4, -0.2) is 36.6 Å². The monoisotopic (exact) mass is 388 g/mol. The average molecular weight is 388 g/mol. The first-order valence-corrected chi connectivity index (χ1v) is 9.31. The molecule has 1 atom stereocenters. The first-order chi connectivity index (χ1) is 12.9. The number of alkyl carbamates (subject to hydrolysis) is 1. The highest BCUT2D eigenvalue weighted by Gasteiger charge is 2.25. The number of benzene rings is 1. The minimum Gasteiger partial charge on any atom is -0.447 e. The number of hydrogen-bond acceptors (Lipinski definition) is 7. The van der Waals surface area contributed by atoms with Gasteiger partial charge < -0.3 is 20.7 Å². The molecule has 0 saturated heterocycles. The van der Waals surface area contributed by atoms with Crippen LogP contribution >= 0.6 is 11.3 Å². The minimum atomic E-state index is -0.826. The van der Waals surface area contributed by atoms with Crippen LogP contribution in [0.2, 0.25) is 0 Å². The number of fused-ring (bicyclic) bond motifs is 1. The molecule has 142 valence electrons. The number of rotatable bonds is 4. The van der Waals surface area contributed by atoms with E-state index in [-0.39, 0.29) is 17.6 Å². The van der Waals surface area contributed by atoms with Crippen molar-refractivity contribution < 1.29 is 19.1 Å². The van der Waals surface area contributed by atoms with Gasteiger partial charge in [0, 0.05) is 6.54 Å². The molecule has 1 unspecified atom stereocenters.